The molecule has 7 rings (SSSR count). The summed E-state index contributed by atoms with van der Waals surface area (Å²) < 4.78 is 2.22. The zero-order valence-corrected chi connectivity index (χ0v) is 27.2. The highest BCUT2D eigenvalue weighted by Crippen LogP contribution is 2.60. The van der Waals surface area contributed by atoms with E-state index in [9.17, 15) is 14.4 Å². The molecule has 0 radical (unpaired) electrons. The molecule has 2 saturated heterocycles. The van der Waals surface area contributed by atoms with Crippen LogP contribution in [0.5, 0.6) is 0 Å². The number of ketones is 1. The zero-order chi connectivity index (χ0) is 31.5. The lowest BCUT2D eigenvalue weighted by Gasteiger charge is -2.27. The second kappa shape index (κ2) is 11.4. The number of hydrogen-bond donors (Lipinski definition) is 1. The van der Waals surface area contributed by atoms with E-state index in [-0.39, 0.29) is 35.6 Å². The molecule has 1 N–H and O–H groups in total. The first kappa shape index (κ1) is 29.7. The second-order valence-electron chi connectivity index (χ2n) is 12.7. The van der Waals surface area contributed by atoms with Crippen LogP contribution >= 0.6 is 15.9 Å². The van der Waals surface area contributed by atoms with Crippen LogP contribution in [0.15, 0.2) is 47.3 Å². The number of anilines is 1. The third-order valence-electron chi connectivity index (χ3n) is 9.53. The third-order valence-corrected chi connectivity index (χ3v) is 9.98. The van der Waals surface area contributed by atoms with E-state index in [1.807, 2.05) is 44.2 Å². The van der Waals surface area contributed by atoms with Crippen molar-refractivity contribution < 1.29 is 14.4 Å². The Kier molecular flexibility index (Phi) is 7.52. The maximum absolute atomic E-state index is 14.2. The van der Waals surface area contributed by atoms with Crippen molar-refractivity contribution in [2.75, 3.05) is 25.0 Å². The fraction of sp³-hybridized carbons (Fsp3) is 0.424. The molecule has 12 heteroatoms. The summed E-state index contributed by atoms with van der Waals surface area (Å²) in [6.07, 6.45) is 7.36. The van der Waals surface area contributed by atoms with Gasteiger partial charge in [-0.3, -0.25) is 19.1 Å². The van der Waals surface area contributed by atoms with Gasteiger partial charge in [0.2, 0.25) is 11.8 Å². The number of likely N-dealkylation sites (tertiary alicyclic amines) is 2. The molecule has 5 heterocycles. The van der Waals surface area contributed by atoms with E-state index in [1.165, 1.54) is 19.8 Å². The molecule has 3 atom stereocenters. The number of Topliss-reactive ketones (excluding diaryl/α,β-unsaturated/α-hetero) is 1. The molecule has 45 heavy (non-hydrogen) atoms. The van der Waals surface area contributed by atoms with Crippen molar-refractivity contribution in [3.05, 3.63) is 64.4 Å². The molecule has 2 unspecified atom stereocenters. The van der Waals surface area contributed by atoms with Crippen molar-refractivity contribution in [1.29, 1.82) is 0 Å². The number of carbonyl (C=O) groups is 3. The minimum atomic E-state index is -0.624. The SMILES string of the molecule is CC(=O)c1nn(CC(=O)N2C3CC3(CN3CCCC3)C[C@H]2C(=O)Nc2nc(Br)ccc2C)c2ccc(-c3cnc(C)nc3)cc12. The smallest absolute Gasteiger partial charge is 0.248 e. The number of amides is 2. The summed E-state index contributed by atoms with van der Waals surface area (Å²) in [6.45, 7) is 8.13. The summed E-state index contributed by atoms with van der Waals surface area (Å²) in [5, 5.41) is 8.28. The highest BCUT2D eigenvalue weighted by atomic mass is 79.9. The van der Waals surface area contributed by atoms with Crippen LogP contribution in [0.2, 0.25) is 0 Å². The van der Waals surface area contributed by atoms with Crippen molar-refractivity contribution in [1.82, 2.24) is 34.5 Å². The molecular formula is C33H35BrN8O3. The Labute approximate surface area is 269 Å². The van der Waals surface area contributed by atoms with E-state index < -0.39 is 6.04 Å². The first-order chi connectivity index (χ1) is 21.6. The molecule has 11 nitrogen and oxygen atoms in total. The lowest BCUT2D eigenvalue weighted by Crippen LogP contribution is -2.47. The quantitative estimate of drug-likeness (QED) is 0.214. The Morgan fingerprint density at radius 1 is 1.02 bits per heavy atom. The predicted molar refractivity (Wildman–Crippen MR) is 173 cm³/mol. The summed E-state index contributed by atoms with van der Waals surface area (Å²) in [5.41, 5.74) is 3.41. The Morgan fingerprint density at radius 2 is 1.78 bits per heavy atom. The molecule has 2 amide bonds. The molecule has 0 bridgehead atoms. The molecule has 3 fully saturated rings. The number of nitrogens with one attached hydrogen (secondary N) is 1. The number of rotatable bonds is 8. The van der Waals surface area contributed by atoms with Gasteiger partial charge in [0.15, 0.2) is 5.78 Å². The van der Waals surface area contributed by atoms with Crippen LogP contribution in [0, 0.1) is 19.3 Å². The van der Waals surface area contributed by atoms with Gasteiger partial charge in [-0.2, -0.15) is 5.10 Å². The Morgan fingerprint density at radius 3 is 2.51 bits per heavy atom. The van der Waals surface area contributed by atoms with Crippen LogP contribution in [-0.2, 0) is 16.1 Å². The van der Waals surface area contributed by atoms with Crippen LogP contribution in [0.1, 0.15) is 54.5 Å². The molecule has 4 aromatic rings. The number of aryl methyl sites for hydroxylation is 2. The lowest BCUT2D eigenvalue weighted by atomic mass is 9.98. The van der Waals surface area contributed by atoms with Gasteiger partial charge in [0.25, 0.3) is 0 Å². The molecule has 1 saturated carbocycles. The van der Waals surface area contributed by atoms with E-state index in [4.69, 9.17) is 0 Å². The number of carbonyl (C=O) groups excluding carboxylic acids is 3. The largest absolute Gasteiger partial charge is 0.325 e. The summed E-state index contributed by atoms with van der Waals surface area (Å²) in [7, 11) is 0. The van der Waals surface area contributed by atoms with Gasteiger partial charge >= 0.3 is 0 Å². The summed E-state index contributed by atoms with van der Waals surface area (Å²) >= 11 is 3.40. The number of nitrogens with zero attached hydrogens (tertiary/aromatic N) is 7. The topological polar surface area (TPSA) is 126 Å². The van der Waals surface area contributed by atoms with Crippen molar-refractivity contribution >= 4 is 50.2 Å². The highest BCUT2D eigenvalue weighted by Gasteiger charge is 2.67. The lowest BCUT2D eigenvalue weighted by molar-refractivity contribution is -0.138. The normalized spacial score (nSPS) is 22.5. The van der Waals surface area contributed by atoms with Crippen LogP contribution in [0.25, 0.3) is 22.0 Å². The Hall–Kier alpha value is -4.03. The summed E-state index contributed by atoms with van der Waals surface area (Å²) in [5.74, 6) is 0.549. The average molecular weight is 672 g/mol. The number of pyridine rings is 1. The molecule has 2 aliphatic heterocycles. The van der Waals surface area contributed by atoms with Gasteiger partial charge in [0.1, 0.15) is 34.5 Å². The molecule has 1 aromatic carbocycles. The maximum atomic E-state index is 14.2. The van der Waals surface area contributed by atoms with Crippen molar-refractivity contribution in [2.45, 2.75) is 65.1 Å². The minimum absolute atomic E-state index is 0.0137. The average Bonchev–Trinajstić information content (AvgIpc) is 3.34. The number of piperidine rings is 1. The monoisotopic (exact) mass is 670 g/mol. The zero-order valence-electron chi connectivity index (χ0n) is 25.6. The van der Waals surface area contributed by atoms with Gasteiger partial charge in [-0.1, -0.05) is 12.1 Å². The maximum Gasteiger partial charge on any atom is 0.248 e. The van der Waals surface area contributed by atoms with E-state index in [1.54, 1.807) is 22.0 Å². The molecule has 0 spiro atoms. The van der Waals surface area contributed by atoms with E-state index in [2.05, 4.69) is 46.2 Å². The van der Waals surface area contributed by atoms with Gasteiger partial charge < -0.3 is 15.1 Å². The molecule has 1 aliphatic carbocycles. The van der Waals surface area contributed by atoms with E-state index >= 15 is 0 Å². The van der Waals surface area contributed by atoms with Crippen LogP contribution in [0.4, 0.5) is 5.82 Å². The fourth-order valence-corrected chi connectivity index (χ4v) is 7.46. The standard InChI is InChI=1S/C33H35BrN8O3/c1-19-6-9-28(34)37-31(19)38-32(45)26-13-33(18-40-10-4-5-11-40)14-27(33)42(26)29(44)17-41-25-8-7-22(23-15-35-21(3)36-16-23)12-24(25)30(39-41)20(2)43/h6-9,12,15-16,26-27H,4-5,10-11,13-14,17-18H2,1-3H3,(H,37,38,45)/t26-,27?,33?/m0/s1. The first-order valence-corrected chi connectivity index (χ1v) is 16.2. The Balaban J connectivity index is 1.19. The van der Waals surface area contributed by atoms with Crippen LogP contribution in [-0.4, -0.2) is 83.8 Å². The predicted octanol–water partition coefficient (Wildman–Crippen LogP) is 4.56. The highest BCUT2D eigenvalue weighted by molar-refractivity contribution is 9.10. The Bertz CT molecular complexity index is 1830. The van der Waals surface area contributed by atoms with Gasteiger partial charge in [-0.05, 0) is 97.9 Å². The molecule has 3 aliphatic rings. The molecule has 232 valence electrons. The summed E-state index contributed by atoms with van der Waals surface area (Å²) in [4.78, 5) is 58.0. The minimum Gasteiger partial charge on any atom is -0.325 e. The van der Waals surface area contributed by atoms with Gasteiger partial charge in [-0.15, -0.1) is 0 Å². The fourth-order valence-electron chi connectivity index (χ4n) is 7.15. The van der Waals surface area contributed by atoms with Crippen molar-refractivity contribution in [3.63, 3.8) is 0 Å². The van der Waals surface area contributed by atoms with E-state index in [0.717, 1.165) is 42.7 Å². The van der Waals surface area contributed by atoms with Crippen molar-refractivity contribution in [3.8, 4) is 11.1 Å². The molecule has 3 aromatic heterocycles. The van der Waals surface area contributed by atoms with Gasteiger partial charge in [-0.25, -0.2) is 15.0 Å². The van der Waals surface area contributed by atoms with Crippen LogP contribution < -0.4 is 5.32 Å². The number of fused-ring (bicyclic) bond motifs is 2. The number of hydrogen-bond acceptors (Lipinski definition) is 8. The van der Waals surface area contributed by atoms with Crippen molar-refractivity contribution in [2.24, 2.45) is 5.41 Å². The summed E-state index contributed by atoms with van der Waals surface area (Å²) in [6, 6.07) is 8.78. The van der Waals surface area contributed by atoms with E-state index in [0.29, 0.717) is 39.3 Å². The third kappa shape index (κ3) is 5.54. The van der Waals surface area contributed by atoms with Gasteiger partial charge in [0, 0.05) is 48.3 Å². The second-order valence-corrected chi connectivity index (χ2v) is 13.5. The number of benzene rings is 1. The van der Waals surface area contributed by atoms with Gasteiger partial charge in [0.05, 0.1) is 5.52 Å². The number of halogens is 1. The number of aromatic nitrogens is 5. The van der Waals surface area contributed by atoms with Crippen LogP contribution in [0.3, 0.4) is 0 Å². The molecular weight excluding hydrogens is 636 g/mol. The first-order valence-electron chi connectivity index (χ1n) is 15.4.